The average molecular weight is 398 g/mol. The summed E-state index contributed by atoms with van der Waals surface area (Å²) < 4.78 is 1.51. The van der Waals surface area contributed by atoms with Crippen LogP contribution in [0.5, 0.6) is 0 Å². The Bertz CT molecular complexity index is 1270. The summed E-state index contributed by atoms with van der Waals surface area (Å²) in [6.45, 7) is 0. The Morgan fingerprint density at radius 2 is 1.69 bits per heavy atom. The largest absolute Gasteiger partial charge is 0.335 e. The van der Waals surface area contributed by atoms with E-state index >= 15 is 0 Å². The van der Waals surface area contributed by atoms with Gasteiger partial charge in [0.05, 0.1) is 5.69 Å². The zero-order chi connectivity index (χ0) is 19.6. The molecular formula is C22H18N6S. The smallest absolute Gasteiger partial charge is 0.210 e. The second-order valence-corrected chi connectivity index (χ2v) is 7.58. The molecule has 29 heavy (non-hydrogen) atoms. The van der Waals surface area contributed by atoms with Crippen molar-refractivity contribution in [2.75, 3.05) is 5.84 Å². The highest BCUT2D eigenvalue weighted by molar-refractivity contribution is 7.98. The van der Waals surface area contributed by atoms with E-state index in [0.29, 0.717) is 11.0 Å². The van der Waals surface area contributed by atoms with Crippen molar-refractivity contribution < 1.29 is 0 Å². The first-order valence-corrected chi connectivity index (χ1v) is 10.2. The number of nitrogens with two attached hydrogens (primary N) is 1. The monoisotopic (exact) mass is 398 g/mol. The maximum Gasteiger partial charge on any atom is 0.210 e. The highest BCUT2D eigenvalue weighted by Gasteiger charge is 2.15. The third kappa shape index (κ3) is 3.36. The van der Waals surface area contributed by atoms with Crippen LogP contribution in [0.2, 0.25) is 0 Å². The second-order valence-electron chi connectivity index (χ2n) is 6.64. The van der Waals surface area contributed by atoms with Gasteiger partial charge in [0.2, 0.25) is 11.0 Å². The number of hydrogen-bond donors (Lipinski definition) is 2. The summed E-state index contributed by atoms with van der Waals surface area (Å²) in [5, 5.41) is 19.0. The number of benzene rings is 3. The van der Waals surface area contributed by atoms with Crippen molar-refractivity contribution in [3.63, 3.8) is 0 Å². The number of nitrogen functional groups attached to an aromatic ring is 1. The minimum absolute atomic E-state index is 0.556. The summed E-state index contributed by atoms with van der Waals surface area (Å²) >= 11 is 1.56. The fraction of sp³-hybridized carbons (Fsp3) is 0.0455. The summed E-state index contributed by atoms with van der Waals surface area (Å²) in [7, 11) is 0. The number of fused-ring (bicyclic) bond motifs is 1. The van der Waals surface area contributed by atoms with Gasteiger partial charge in [0.15, 0.2) is 0 Å². The lowest BCUT2D eigenvalue weighted by molar-refractivity contribution is 0.847. The number of aromatic amines is 1. The second kappa shape index (κ2) is 7.44. The van der Waals surface area contributed by atoms with E-state index < -0.39 is 0 Å². The maximum atomic E-state index is 6.28. The lowest BCUT2D eigenvalue weighted by atomic mass is 10.1. The third-order valence-corrected chi connectivity index (χ3v) is 5.78. The van der Waals surface area contributed by atoms with Crippen LogP contribution in [-0.4, -0.2) is 25.1 Å². The fourth-order valence-corrected chi connectivity index (χ4v) is 4.17. The van der Waals surface area contributed by atoms with Crippen molar-refractivity contribution in [3.8, 4) is 22.8 Å². The number of hydrogen-bond acceptors (Lipinski definition) is 5. The standard InChI is InChI=1S/C22H18N6S/c23-28-21(20-13-19(24-25-20)16-8-2-1-3-9-16)26-27-22(28)29-14-17-11-6-10-15-7-4-5-12-18(15)17/h1-13H,14,23H2,(H,24,25). The molecule has 0 saturated carbocycles. The van der Waals surface area contributed by atoms with Crippen molar-refractivity contribution in [3.05, 3.63) is 84.4 Å². The topological polar surface area (TPSA) is 85.4 Å². The van der Waals surface area contributed by atoms with Gasteiger partial charge in [-0.05, 0) is 22.4 Å². The van der Waals surface area contributed by atoms with E-state index in [1.807, 2.05) is 36.4 Å². The molecule has 5 aromatic rings. The molecule has 0 bridgehead atoms. The maximum absolute atomic E-state index is 6.28. The molecule has 3 N–H and O–H groups in total. The summed E-state index contributed by atoms with van der Waals surface area (Å²) in [5.41, 5.74) is 3.85. The lowest BCUT2D eigenvalue weighted by Crippen LogP contribution is -2.11. The zero-order valence-corrected chi connectivity index (χ0v) is 16.3. The predicted octanol–water partition coefficient (Wildman–Crippen LogP) is 4.49. The van der Waals surface area contributed by atoms with Gasteiger partial charge in [-0.2, -0.15) is 5.10 Å². The van der Waals surface area contributed by atoms with Gasteiger partial charge in [-0.15, -0.1) is 10.2 Å². The van der Waals surface area contributed by atoms with Crippen LogP contribution in [0.3, 0.4) is 0 Å². The Hall–Kier alpha value is -3.58. The summed E-state index contributed by atoms with van der Waals surface area (Å²) in [6.07, 6.45) is 0. The first-order valence-electron chi connectivity index (χ1n) is 9.21. The van der Waals surface area contributed by atoms with Gasteiger partial charge in [-0.1, -0.05) is 84.6 Å². The first-order chi connectivity index (χ1) is 14.3. The molecule has 2 heterocycles. The Labute approximate surface area is 171 Å². The minimum Gasteiger partial charge on any atom is -0.335 e. The zero-order valence-electron chi connectivity index (χ0n) is 15.5. The summed E-state index contributed by atoms with van der Waals surface area (Å²) in [6, 6.07) is 26.6. The Balaban J connectivity index is 1.38. The minimum atomic E-state index is 0.556. The van der Waals surface area contributed by atoms with Gasteiger partial charge in [0, 0.05) is 11.3 Å². The van der Waals surface area contributed by atoms with E-state index in [0.717, 1.165) is 22.7 Å². The first kappa shape index (κ1) is 17.5. The van der Waals surface area contributed by atoms with Crippen LogP contribution in [0.1, 0.15) is 5.56 Å². The van der Waals surface area contributed by atoms with Crippen LogP contribution in [0.4, 0.5) is 0 Å². The Kier molecular flexibility index (Phi) is 4.50. The molecule has 0 radical (unpaired) electrons. The summed E-state index contributed by atoms with van der Waals surface area (Å²) in [4.78, 5) is 0. The molecule has 0 saturated heterocycles. The molecule has 0 fully saturated rings. The normalized spacial score (nSPS) is 11.2. The van der Waals surface area contributed by atoms with Crippen molar-refractivity contribution in [1.82, 2.24) is 25.1 Å². The SMILES string of the molecule is Nn1c(SCc2cccc3ccccc23)nnc1-c1cc(-c2ccccc2)n[nH]1. The molecule has 2 aromatic heterocycles. The van der Waals surface area contributed by atoms with E-state index in [2.05, 4.69) is 62.9 Å². The van der Waals surface area contributed by atoms with Crippen LogP contribution >= 0.6 is 11.8 Å². The number of H-pyrrole nitrogens is 1. The van der Waals surface area contributed by atoms with Crippen molar-refractivity contribution in [2.24, 2.45) is 0 Å². The number of rotatable bonds is 5. The molecule has 6 nitrogen and oxygen atoms in total. The molecule has 0 aliphatic heterocycles. The quantitative estimate of drug-likeness (QED) is 0.336. The summed E-state index contributed by atoms with van der Waals surface area (Å²) in [5.74, 6) is 7.60. The van der Waals surface area contributed by atoms with Crippen molar-refractivity contribution in [1.29, 1.82) is 0 Å². The van der Waals surface area contributed by atoms with Gasteiger partial charge in [0.1, 0.15) is 5.69 Å². The number of thioether (sulfide) groups is 1. The Morgan fingerprint density at radius 3 is 2.59 bits per heavy atom. The van der Waals surface area contributed by atoms with Crippen LogP contribution < -0.4 is 5.84 Å². The van der Waals surface area contributed by atoms with E-state index in [4.69, 9.17) is 5.84 Å². The molecule has 3 aromatic carbocycles. The molecule has 0 atom stereocenters. The molecule has 0 aliphatic rings. The van der Waals surface area contributed by atoms with Crippen LogP contribution in [0, 0.1) is 0 Å². The predicted molar refractivity (Wildman–Crippen MR) is 117 cm³/mol. The van der Waals surface area contributed by atoms with Crippen LogP contribution in [0.15, 0.2) is 84.0 Å². The average Bonchev–Trinajstić information content (AvgIpc) is 3.40. The van der Waals surface area contributed by atoms with Crippen molar-refractivity contribution >= 4 is 22.5 Å². The molecule has 142 valence electrons. The number of nitrogens with one attached hydrogen (secondary N) is 1. The molecule has 0 unspecified atom stereocenters. The fourth-order valence-electron chi connectivity index (χ4n) is 3.31. The molecular weight excluding hydrogens is 380 g/mol. The van der Waals surface area contributed by atoms with Crippen molar-refractivity contribution in [2.45, 2.75) is 10.9 Å². The van der Waals surface area contributed by atoms with Gasteiger partial charge >= 0.3 is 0 Å². The van der Waals surface area contributed by atoms with Crippen LogP contribution in [0.25, 0.3) is 33.5 Å². The van der Waals surface area contributed by atoms with Crippen LogP contribution in [-0.2, 0) is 5.75 Å². The van der Waals surface area contributed by atoms with Gasteiger partial charge in [0.25, 0.3) is 0 Å². The van der Waals surface area contributed by atoms with Gasteiger partial charge in [-0.25, -0.2) is 4.68 Å². The number of aromatic nitrogens is 5. The lowest BCUT2D eigenvalue weighted by Gasteiger charge is -2.06. The van der Waals surface area contributed by atoms with E-state index in [9.17, 15) is 0 Å². The van der Waals surface area contributed by atoms with Gasteiger partial charge < -0.3 is 5.84 Å². The van der Waals surface area contributed by atoms with E-state index in [-0.39, 0.29) is 0 Å². The van der Waals surface area contributed by atoms with E-state index in [1.165, 1.54) is 21.0 Å². The van der Waals surface area contributed by atoms with E-state index in [1.54, 1.807) is 11.8 Å². The number of nitrogens with zero attached hydrogens (tertiary/aromatic N) is 4. The van der Waals surface area contributed by atoms with Gasteiger partial charge in [-0.3, -0.25) is 5.10 Å². The third-order valence-electron chi connectivity index (χ3n) is 4.79. The highest BCUT2D eigenvalue weighted by atomic mass is 32.2. The molecule has 0 spiro atoms. The Morgan fingerprint density at radius 1 is 0.897 bits per heavy atom. The molecule has 0 aliphatic carbocycles. The molecule has 7 heteroatoms. The molecule has 5 rings (SSSR count). The molecule has 0 amide bonds. The highest BCUT2D eigenvalue weighted by Crippen LogP contribution is 2.28.